The van der Waals surface area contributed by atoms with Crippen LogP contribution in [0, 0.1) is 0 Å². The van der Waals surface area contributed by atoms with Crippen molar-refractivity contribution < 1.29 is 4.79 Å². The first-order chi connectivity index (χ1) is 5.34. The summed E-state index contributed by atoms with van der Waals surface area (Å²) < 4.78 is 0. The van der Waals surface area contributed by atoms with E-state index in [0.29, 0.717) is 5.56 Å². The summed E-state index contributed by atoms with van der Waals surface area (Å²) in [6, 6.07) is 8.92. The number of carbonyl (C=O) groups is 1. The molecule has 11 heavy (non-hydrogen) atoms. The van der Waals surface area contributed by atoms with E-state index in [1.807, 2.05) is 6.07 Å². The van der Waals surface area contributed by atoms with Gasteiger partial charge in [0.05, 0.1) is 0 Å². The van der Waals surface area contributed by atoms with Gasteiger partial charge in [-0.25, -0.2) is 5.43 Å². The molecule has 0 saturated heterocycles. The largest absolute Gasteiger partial charge is 0.288 e. The second-order valence-electron chi connectivity index (χ2n) is 2.01. The molecule has 57 valence electrons. The molecule has 1 radical (unpaired) electrons. The molecule has 1 N–H and O–H groups in total. The van der Waals surface area contributed by atoms with Crippen molar-refractivity contribution in [2.24, 2.45) is 0 Å². The van der Waals surface area contributed by atoms with Crippen LogP contribution in [0.1, 0.15) is 10.4 Å². The third-order valence-corrected chi connectivity index (χ3v) is 1.23. The predicted molar refractivity (Wildman–Crippen MR) is 42.0 cm³/mol. The molecule has 1 aromatic carbocycles. The van der Waals surface area contributed by atoms with Crippen molar-refractivity contribution in [3.8, 4) is 0 Å². The number of benzene rings is 1. The van der Waals surface area contributed by atoms with Crippen molar-refractivity contribution in [2.45, 2.75) is 0 Å². The fourth-order valence-corrected chi connectivity index (χ4v) is 0.747. The molecule has 0 aliphatic heterocycles. The molecule has 0 atom stereocenters. The SMILES string of the molecule is CN[N]C(=O)c1ccccc1. The smallest absolute Gasteiger partial charge is 0.266 e. The van der Waals surface area contributed by atoms with Gasteiger partial charge in [0.1, 0.15) is 0 Å². The molecule has 0 heterocycles. The summed E-state index contributed by atoms with van der Waals surface area (Å²) in [6.45, 7) is 0. The number of nitrogens with one attached hydrogen (secondary N) is 1. The van der Waals surface area contributed by atoms with E-state index in [-0.39, 0.29) is 5.91 Å². The molecule has 3 nitrogen and oxygen atoms in total. The highest BCUT2D eigenvalue weighted by molar-refractivity contribution is 5.93. The Bertz CT molecular complexity index is 233. The predicted octanol–water partition coefficient (Wildman–Crippen LogP) is 0.566. The summed E-state index contributed by atoms with van der Waals surface area (Å²) in [6.07, 6.45) is 0. The van der Waals surface area contributed by atoms with Gasteiger partial charge in [-0.1, -0.05) is 18.2 Å². The second kappa shape index (κ2) is 3.73. The van der Waals surface area contributed by atoms with Gasteiger partial charge < -0.3 is 0 Å². The van der Waals surface area contributed by atoms with Crippen molar-refractivity contribution in [3.63, 3.8) is 0 Å². The lowest BCUT2D eigenvalue weighted by molar-refractivity contribution is 0.0932. The standard InChI is InChI=1S/C8H9N2O/c1-9-10-8(11)7-5-3-2-4-6-7/h2-6,9H,1H3. The Morgan fingerprint density at radius 3 is 2.55 bits per heavy atom. The topological polar surface area (TPSA) is 43.2 Å². The first kappa shape index (κ1) is 7.75. The van der Waals surface area contributed by atoms with Crippen LogP contribution in [0.15, 0.2) is 30.3 Å². The van der Waals surface area contributed by atoms with E-state index in [1.54, 1.807) is 31.3 Å². The molecule has 1 aromatic rings. The fourth-order valence-electron chi connectivity index (χ4n) is 0.747. The van der Waals surface area contributed by atoms with Crippen LogP contribution in [0.3, 0.4) is 0 Å². The lowest BCUT2D eigenvalue weighted by atomic mass is 10.2. The lowest BCUT2D eigenvalue weighted by Gasteiger charge is -1.97. The van der Waals surface area contributed by atoms with Crippen molar-refractivity contribution in [1.29, 1.82) is 0 Å². The summed E-state index contributed by atoms with van der Waals surface area (Å²) in [5.74, 6) is -0.242. The number of amides is 1. The average molecular weight is 149 g/mol. The Balaban J connectivity index is 2.69. The van der Waals surface area contributed by atoms with Gasteiger partial charge >= 0.3 is 0 Å². The molecular formula is C8H9N2O. The summed E-state index contributed by atoms with van der Waals surface area (Å²) in [4.78, 5) is 11.0. The Hall–Kier alpha value is -1.35. The van der Waals surface area contributed by atoms with Gasteiger partial charge in [-0.3, -0.25) is 4.79 Å². The maximum Gasteiger partial charge on any atom is 0.288 e. The second-order valence-corrected chi connectivity index (χ2v) is 2.01. The van der Waals surface area contributed by atoms with Gasteiger partial charge in [0.15, 0.2) is 0 Å². The fraction of sp³-hybridized carbons (Fsp3) is 0.125. The molecule has 0 aliphatic carbocycles. The van der Waals surface area contributed by atoms with E-state index in [4.69, 9.17) is 0 Å². The summed E-state index contributed by atoms with van der Waals surface area (Å²) in [5.41, 5.74) is 6.55. The molecule has 0 unspecified atom stereocenters. The molecule has 0 saturated carbocycles. The van der Waals surface area contributed by atoms with Crippen molar-refractivity contribution in [1.82, 2.24) is 10.9 Å². The number of carbonyl (C=O) groups excluding carboxylic acids is 1. The molecular weight excluding hydrogens is 140 g/mol. The zero-order valence-corrected chi connectivity index (χ0v) is 6.24. The summed E-state index contributed by atoms with van der Waals surface area (Å²) >= 11 is 0. The van der Waals surface area contributed by atoms with E-state index < -0.39 is 0 Å². The van der Waals surface area contributed by atoms with Gasteiger partial charge in [-0.15, -0.1) is 0 Å². The number of rotatable bonds is 2. The van der Waals surface area contributed by atoms with Crippen LogP contribution in [0.4, 0.5) is 0 Å². The van der Waals surface area contributed by atoms with Gasteiger partial charge in [-0.2, -0.15) is 5.43 Å². The minimum atomic E-state index is -0.242. The van der Waals surface area contributed by atoms with Crippen LogP contribution in [0.5, 0.6) is 0 Å². The molecule has 1 rings (SSSR count). The van der Waals surface area contributed by atoms with Crippen molar-refractivity contribution >= 4 is 5.91 Å². The molecule has 0 fully saturated rings. The maximum atomic E-state index is 11.0. The minimum Gasteiger partial charge on any atom is -0.266 e. The third-order valence-electron chi connectivity index (χ3n) is 1.23. The van der Waals surface area contributed by atoms with Crippen molar-refractivity contribution in [3.05, 3.63) is 35.9 Å². The third kappa shape index (κ3) is 2.05. The zero-order valence-electron chi connectivity index (χ0n) is 6.24. The van der Waals surface area contributed by atoms with E-state index in [9.17, 15) is 4.79 Å². The van der Waals surface area contributed by atoms with E-state index in [0.717, 1.165) is 0 Å². The molecule has 0 spiro atoms. The van der Waals surface area contributed by atoms with Gasteiger partial charge in [-0.05, 0) is 12.1 Å². The monoisotopic (exact) mass is 149 g/mol. The highest BCUT2D eigenvalue weighted by atomic mass is 16.2. The highest BCUT2D eigenvalue weighted by Crippen LogP contribution is 1.96. The molecule has 3 heteroatoms. The van der Waals surface area contributed by atoms with Crippen LogP contribution in [0.2, 0.25) is 0 Å². The molecule has 0 aliphatic rings. The number of hydrogen-bond donors (Lipinski definition) is 1. The van der Waals surface area contributed by atoms with Gasteiger partial charge in [0.2, 0.25) is 0 Å². The van der Waals surface area contributed by atoms with E-state index >= 15 is 0 Å². The first-order valence-electron chi connectivity index (χ1n) is 3.31. The number of hydrogen-bond acceptors (Lipinski definition) is 2. The van der Waals surface area contributed by atoms with Crippen LogP contribution in [-0.4, -0.2) is 13.0 Å². The first-order valence-corrected chi connectivity index (χ1v) is 3.31. The number of nitrogens with zero attached hydrogens (tertiary/aromatic N) is 1. The normalized spacial score (nSPS) is 9.18. The summed E-state index contributed by atoms with van der Waals surface area (Å²) in [5, 5.41) is 0. The quantitative estimate of drug-likeness (QED) is 0.624. The molecule has 1 amide bonds. The Morgan fingerprint density at radius 2 is 2.00 bits per heavy atom. The van der Waals surface area contributed by atoms with Crippen molar-refractivity contribution in [2.75, 3.05) is 7.05 Å². The van der Waals surface area contributed by atoms with Crippen LogP contribution < -0.4 is 10.9 Å². The van der Waals surface area contributed by atoms with Gasteiger partial charge in [0, 0.05) is 12.6 Å². The highest BCUT2D eigenvalue weighted by Gasteiger charge is 2.02. The van der Waals surface area contributed by atoms with E-state index in [1.165, 1.54) is 0 Å². The lowest BCUT2D eigenvalue weighted by Crippen LogP contribution is -2.26. The van der Waals surface area contributed by atoms with E-state index in [2.05, 4.69) is 10.9 Å². The molecule has 0 bridgehead atoms. The maximum absolute atomic E-state index is 11.0. The Kier molecular flexibility index (Phi) is 2.63. The summed E-state index contributed by atoms with van der Waals surface area (Å²) in [7, 11) is 1.60. The zero-order chi connectivity index (χ0) is 8.10. The van der Waals surface area contributed by atoms with Crippen LogP contribution in [-0.2, 0) is 0 Å². The van der Waals surface area contributed by atoms with Crippen LogP contribution >= 0.6 is 0 Å². The minimum absolute atomic E-state index is 0.242. The Labute approximate surface area is 65.4 Å². The van der Waals surface area contributed by atoms with Crippen LogP contribution in [0.25, 0.3) is 0 Å². The van der Waals surface area contributed by atoms with Gasteiger partial charge in [0.25, 0.3) is 5.91 Å². The Morgan fingerprint density at radius 1 is 1.36 bits per heavy atom. The average Bonchev–Trinajstić information content (AvgIpc) is 2.07. The molecule has 0 aromatic heterocycles.